The van der Waals surface area contributed by atoms with Crippen LogP contribution in [0.1, 0.15) is 89.0 Å². The first-order valence-electron chi connectivity index (χ1n) is 19.8. The van der Waals surface area contributed by atoms with Crippen molar-refractivity contribution in [1.29, 1.82) is 0 Å². The Kier molecular flexibility index (Phi) is 12.6. The van der Waals surface area contributed by atoms with Gasteiger partial charge in [0.1, 0.15) is 17.5 Å². The van der Waals surface area contributed by atoms with Gasteiger partial charge in [-0.15, -0.1) is 0 Å². The average Bonchev–Trinajstić information content (AvgIpc) is 3.92. The first kappa shape index (κ1) is 45.2. The number of ether oxygens (including phenoxy) is 4. The number of aromatic nitrogens is 4. The molecule has 18 nitrogen and oxygen atoms in total. The number of methoxy groups -OCH3 is 4. The second kappa shape index (κ2) is 17.5. The molecule has 18 heteroatoms. The zero-order valence-corrected chi connectivity index (χ0v) is 36.1. The molecule has 3 aromatic rings. The minimum Gasteiger partial charge on any atom is -0.481 e. The van der Waals surface area contributed by atoms with E-state index < -0.39 is 65.5 Å². The van der Waals surface area contributed by atoms with Gasteiger partial charge in [0.15, 0.2) is 0 Å². The molecule has 0 aromatic carbocycles. The zero-order valence-electron chi connectivity index (χ0n) is 36.1. The average molecular weight is 866 g/mol. The summed E-state index contributed by atoms with van der Waals surface area (Å²) in [7, 11) is 4.75. The largest absolute Gasteiger partial charge is 0.481 e. The summed E-state index contributed by atoms with van der Waals surface area (Å²) in [6.45, 7) is 9.04. The van der Waals surface area contributed by atoms with Crippen LogP contribution in [0.2, 0.25) is 0 Å². The van der Waals surface area contributed by atoms with Crippen LogP contribution in [0.3, 0.4) is 0 Å². The maximum absolute atomic E-state index is 14.2. The predicted molar refractivity (Wildman–Crippen MR) is 227 cm³/mol. The van der Waals surface area contributed by atoms with Crippen LogP contribution in [0.25, 0.3) is 38.8 Å². The van der Waals surface area contributed by atoms with Gasteiger partial charge in [0, 0.05) is 23.0 Å². The Morgan fingerprint density at radius 2 is 1.43 bits per heavy atom. The van der Waals surface area contributed by atoms with Crippen molar-refractivity contribution < 1.29 is 62.7 Å². The van der Waals surface area contributed by atoms with E-state index >= 15 is 0 Å². The molecule has 0 unspecified atom stereocenters. The highest BCUT2D eigenvalue weighted by Crippen LogP contribution is 2.52. The smallest absolute Gasteiger partial charge is 0.342 e. The SMILES string of the molecule is CCc1c(C)c2cc3nc(cc4[nH]c(c(CCC(=O)N[C@@H](CC(=O)O)C(=O)O)c4C)c(C(=O)OC)c4nc(cc1[nH]2)C(C)=C4C(=O)OC)[C@@]1(C)C3=CC=C(C(=O)OC)[C@H]1C(=O)OC. The Labute approximate surface area is 360 Å². The molecule has 0 radical (unpaired) electrons. The van der Waals surface area contributed by atoms with E-state index in [-0.39, 0.29) is 40.8 Å². The number of allylic oxidation sites excluding steroid dienone is 4. The summed E-state index contributed by atoms with van der Waals surface area (Å²) in [5.74, 6) is -8.25. The maximum Gasteiger partial charge on any atom is 0.342 e. The molecule has 0 saturated heterocycles. The van der Waals surface area contributed by atoms with Crippen molar-refractivity contribution in [3.8, 4) is 0 Å². The number of H-pyrrole nitrogens is 2. The number of carboxylic acid groups (broad SMARTS) is 2. The third-order valence-corrected chi connectivity index (χ3v) is 12.0. The summed E-state index contributed by atoms with van der Waals surface area (Å²) in [6.07, 6.45) is 2.39. The number of rotatable bonds is 12. The number of carbonyl (C=O) groups excluding carboxylic acids is 5. The van der Waals surface area contributed by atoms with E-state index in [1.807, 2.05) is 19.9 Å². The normalized spacial score (nSPS) is 17.1. The van der Waals surface area contributed by atoms with Crippen molar-refractivity contribution >= 4 is 80.5 Å². The molecular weight excluding hydrogens is 819 g/mol. The van der Waals surface area contributed by atoms with Crippen LogP contribution in [0, 0.1) is 19.8 Å². The summed E-state index contributed by atoms with van der Waals surface area (Å²) in [5.41, 5.74) is 4.69. The lowest BCUT2D eigenvalue weighted by Gasteiger charge is -2.36. The van der Waals surface area contributed by atoms with Crippen molar-refractivity contribution in [2.45, 2.75) is 71.8 Å². The first-order chi connectivity index (χ1) is 29.9. The Morgan fingerprint density at radius 1 is 0.794 bits per heavy atom. The third-order valence-electron chi connectivity index (χ3n) is 12.0. The summed E-state index contributed by atoms with van der Waals surface area (Å²) in [4.78, 5) is 108. The molecule has 3 aliphatic rings. The van der Waals surface area contributed by atoms with E-state index in [0.29, 0.717) is 62.3 Å². The molecule has 1 aliphatic carbocycles. The van der Waals surface area contributed by atoms with Crippen LogP contribution in [-0.4, -0.2) is 106 Å². The number of nitrogens with zero attached hydrogens (tertiary/aromatic N) is 2. The molecule has 0 spiro atoms. The second-order valence-electron chi connectivity index (χ2n) is 15.4. The van der Waals surface area contributed by atoms with E-state index in [1.54, 1.807) is 39.0 Å². The number of esters is 4. The zero-order chi connectivity index (χ0) is 46.2. The first-order valence-corrected chi connectivity index (χ1v) is 19.8. The molecule has 1 amide bonds. The molecule has 8 bridgehead atoms. The maximum atomic E-state index is 14.2. The lowest BCUT2D eigenvalue weighted by Crippen LogP contribution is -2.42. The number of carboxylic acids is 2. The molecule has 3 aromatic heterocycles. The number of aryl methyl sites for hydroxylation is 4. The number of amides is 1. The van der Waals surface area contributed by atoms with Crippen molar-refractivity contribution in [2.24, 2.45) is 5.92 Å². The van der Waals surface area contributed by atoms with Crippen LogP contribution in [0.4, 0.5) is 0 Å². The monoisotopic (exact) mass is 865 g/mol. The van der Waals surface area contributed by atoms with Crippen LogP contribution >= 0.6 is 0 Å². The van der Waals surface area contributed by atoms with Gasteiger partial charge in [-0.05, 0) is 92.1 Å². The van der Waals surface area contributed by atoms with Gasteiger partial charge in [-0.25, -0.2) is 24.2 Å². The number of hydrogen-bond donors (Lipinski definition) is 5. The number of fused-ring (bicyclic) bond motifs is 11. The van der Waals surface area contributed by atoms with Crippen molar-refractivity contribution in [3.63, 3.8) is 0 Å². The molecular formula is C45H47N5O13. The summed E-state index contributed by atoms with van der Waals surface area (Å²) in [5, 5.41) is 21.1. The minimum absolute atomic E-state index is 0.0214. The van der Waals surface area contributed by atoms with Gasteiger partial charge in [0.2, 0.25) is 5.91 Å². The van der Waals surface area contributed by atoms with Crippen LogP contribution < -0.4 is 5.32 Å². The van der Waals surface area contributed by atoms with Gasteiger partial charge in [-0.1, -0.05) is 19.1 Å². The summed E-state index contributed by atoms with van der Waals surface area (Å²) >= 11 is 0. The molecule has 5 N–H and O–H groups in total. The number of hydrogen-bond acceptors (Lipinski definition) is 13. The topological polar surface area (TPSA) is 266 Å². The third kappa shape index (κ3) is 7.87. The highest BCUT2D eigenvalue weighted by molar-refractivity contribution is 6.27. The second-order valence-corrected chi connectivity index (χ2v) is 15.4. The lowest BCUT2D eigenvalue weighted by atomic mass is 9.64. The molecule has 6 rings (SSSR count). The Balaban J connectivity index is 1.79. The van der Waals surface area contributed by atoms with Gasteiger partial charge < -0.3 is 44.4 Å². The highest BCUT2D eigenvalue weighted by Gasteiger charge is 2.53. The fourth-order valence-electron chi connectivity index (χ4n) is 8.60. The Morgan fingerprint density at radius 3 is 2.03 bits per heavy atom. The van der Waals surface area contributed by atoms with E-state index in [2.05, 4.69) is 15.3 Å². The molecule has 0 saturated carbocycles. The fourth-order valence-corrected chi connectivity index (χ4v) is 8.60. The van der Waals surface area contributed by atoms with Crippen molar-refractivity contribution in [3.05, 3.63) is 86.5 Å². The van der Waals surface area contributed by atoms with E-state index in [1.165, 1.54) is 27.4 Å². The number of aliphatic carboxylic acids is 2. The highest BCUT2D eigenvalue weighted by atomic mass is 16.5. The predicted octanol–water partition coefficient (Wildman–Crippen LogP) is 4.60. The van der Waals surface area contributed by atoms with Gasteiger partial charge in [-0.3, -0.25) is 19.4 Å². The van der Waals surface area contributed by atoms with E-state index in [4.69, 9.17) is 28.9 Å². The Bertz CT molecular complexity index is 2790. The minimum atomic E-state index is -1.72. The van der Waals surface area contributed by atoms with Gasteiger partial charge in [0.25, 0.3) is 0 Å². The van der Waals surface area contributed by atoms with E-state index in [0.717, 1.165) is 18.2 Å². The van der Waals surface area contributed by atoms with Crippen molar-refractivity contribution in [2.75, 3.05) is 28.4 Å². The van der Waals surface area contributed by atoms with Crippen LogP contribution in [0.5, 0.6) is 0 Å². The van der Waals surface area contributed by atoms with Crippen LogP contribution in [-0.2, 0) is 66.0 Å². The van der Waals surface area contributed by atoms with Gasteiger partial charge >= 0.3 is 35.8 Å². The van der Waals surface area contributed by atoms with Gasteiger partial charge in [-0.2, -0.15) is 0 Å². The molecule has 0 fully saturated rings. The summed E-state index contributed by atoms with van der Waals surface area (Å²) in [6, 6.07) is 3.53. The Hall–Kier alpha value is -7.37. The molecule has 2 aliphatic heterocycles. The summed E-state index contributed by atoms with van der Waals surface area (Å²) < 4.78 is 20.9. The standard InChI is InChI=1S/C45H47N5O13/c1-10-22-19(2)26-16-30-25-13-11-24(41(56)60-6)37(44(59)63-9)45(25,5)32(47-30)17-28-20(3)23(12-14-33(51)48-31(40(54)55)18-34(52)53)38(49-28)36(43(58)62-8)39-35(42(57)61-7)21(4)27(50-39)15-29(22)46-26/h11,13,15-17,31,37,46,49H,10,12,14,18H2,1-9H3,(H,48,51)(H,52,53)(H,54,55)/t31-,37-,45+/m0/s1. The number of carbonyl (C=O) groups is 7. The molecule has 5 heterocycles. The lowest BCUT2D eigenvalue weighted by molar-refractivity contribution is -0.149. The van der Waals surface area contributed by atoms with Crippen molar-refractivity contribution in [1.82, 2.24) is 25.3 Å². The molecule has 3 atom stereocenters. The van der Waals surface area contributed by atoms with Crippen LogP contribution in [0.15, 0.2) is 35.9 Å². The number of nitrogens with one attached hydrogen (secondary N) is 3. The van der Waals surface area contributed by atoms with E-state index in [9.17, 15) is 43.8 Å². The quantitative estimate of drug-likeness (QED) is 0.123. The number of aromatic amines is 2. The van der Waals surface area contributed by atoms with Gasteiger partial charge in [0.05, 0.1) is 79.7 Å². The molecule has 63 heavy (non-hydrogen) atoms. The fraction of sp³-hybridized carbons (Fsp3) is 0.356. The molecule has 330 valence electrons.